The highest BCUT2D eigenvalue weighted by molar-refractivity contribution is 7.11. The topological polar surface area (TPSA) is 38.9 Å². The number of rotatable bonds is 3. The Morgan fingerprint density at radius 3 is 2.10 bits per heavy atom. The van der Waals surface area contributed by atoms with Gasteiger partial charge in [0.15, 0.2) is 0 Å². The standard InChI is InChI=1S/C18H18N2S/c1-12-13(2)21-18(20-12)17(19)16-10-8-15(9-11-16)14-6-4-3-5-7-14/h3-11,17H,19H2,1-2H3. The molecule has 2 N–H and O–H groups in total. The number of aryl methyl sites for hydroxylation is 2. The Labute approximate surface area is 129 Å². The number of thiazole rings is 1. The lowest BCUT2D eigenvalue weighted by atomic mass is 10.0. The van der Waals surface area contributed by atoms with Gasteiger partial charge in [-0.05, 0) is 30.5 Å². The van der Waals surface area contributed by atoms with Crippen LogP contribution in [0.25, 0.3) is 11.1 Å². The Hall–Kier alpha value is -1.97. The van der Waals surface area contributed by atoms with Gasteiger partial charge in [-0.1, -0.05) is 54.6 Å². The predicted octanol–water partition coefficient (Wildman–Crippen LogP) is 4.48. The number of hydrogen-bond acceptors (Lipinski definition) is 3. The fraction of sp³-hybridized carbons (Fsp3) is 0.167. The van der Waals surface area contributed by atoms with Crippen molar-refractivity contribution < 1.29 is 0 Å². The highest BCUT2D eigenvalue weighted by Gasteiger charge is 2.14. The van der Waals surface area contributed by atoms with Crippen LogP contribution in [-0.4, -0.2) is 4.98 Å². The minimum absolute atomic E-state index is 0.146. The number of nitrogens with two attached hydrogens (primary N) is 1. The molecule has 1 atom stereocenters. The molecule has 1 heterocycles. The molecule has 0 aliphatic rings. The van der Waals surface area contributed by atoms with E-state index in [0.717, 1.165) is 16.3 Å². The second kappa shape index (κ2) is 5.80. The third kappa shape index (κ3) is 2.89. The third-order valence-electron chi connectivity index (χ3n) is 3.69. The van der Waals surface area contributed by atoms with Gasteiger partial charge in [0.05, 0.1) is 11.7 Å². The van der Waals surface area contributed by atoms with Gasteiger partial charge < -0.3 is 5.73 Å². The van der Waals surface area contributed by atoms with Crippen molar-refractivity contribution in [3.63, 3.8) is 0 Å². The maximum absolute atomic E-state index is 6.34. The number of nitrogens with zero attached hydrogens (tertiary/aromatic N) is 1. The van der Waals surface area contributed by atoms with Crippen LogP contribution < -0.4 is 5.73 Å². The first kappa shape index (κ1) is 14.0. The Bertz CT molecular complexity index is 710. The molecule has 3 rings (SSSR count). The van der Waals surface area contributed by atoms with Crippen LogP contribution in [-0.2, 0) is 0 Å². The first-order chi connectivity index (χ1) is 10.1. The van der Waals surface area contributed by atoms with Crippen LogP contribution in [0.4, 0.5) is 0 Å². The molecule has 1 aromatic heterocycles. The van der Waals surface area contributed by atoms with Crippen LogP contribution in [0.3, 0.4) is 0 Å². The van der Waals surface area contributed by atoms with Crippen LogP contribution in [0, 0.1) is 13.8 Å². The molecule has 0 aliphatic heterocycles. The van der Waals surface area contributed by atoms with E-state index in [1.807, 2.05) is 13.0 Å². The zero-order valence-corrected chi connectivity index (χ0v) is 13.0. The monoisotopic (exact) mass is 294 g/mol. The predicted molar refractivity (Wildman–Crippen MR) is 89.5 cm³/mol. The smallest absolute Gasteiger partial charge is 0.114 e. The molecule has 2 nitrogen and oxygen atoms in total. The van der Waals surface area contributed by atoms with E-state index in [1.54, 1.807) is 11.3 Å². The SMILES string of the molecule is Cc1nc(C(N)c2ccc(-c3ccccc3)cc2)sc1C. The summed E-state index contributed by atoms with van der Waals surface area (Å²) in [6.07, 6.45) is 0. The van der Waals surface area contributed by atoms with Crippen molar-refractivity contribution in [3.8, 4) is 11.1 Å². The van der Waals surface area contributed by atoms with Gasteiger partial charge in [-0.2, -0.15) is 0 Å². The first-order valence-electron chi connectivity index (χ1n) is 7.00. The number of hydrogen-bond donors (Lipinski definition) is 1. The molecule has 2 aromatic carbocycles. The minimum atomic E-state index is -0.146. The van der Waals surface area contributed by atoms with Crippen molar-refractivity contribution in [1.29, 1.82) is 0 Å². The molecule has 106 valence electrons. The number of aromatic nitrogens is 1. The van der Waals surface area contributed by atoms with E-state index in [4.69, 9.17) is 5.73 Å². The summed E-state index contributed by atoms with van der Waals surface area (Å²) in [5.74, 6) is 0. The molecule has 0 aliphatic carbocycles. The second-order valence-electron chi connectivity index (χ2n) is 5.16. The Morgan fingerprint density at radius 1 is 0.905 bits per heavy atom. The van der Waals surface area contributed by atoms with Crippen molar-refractivity contribution in [3.05, 3.63) is 75.7 Å². The molecule has 0 saturated heterocycles. The van der Waals surface area contributed by atoms with Gasteiger partial charge in [-0.15, -0.1) is 11.3 Å². The molecule has 0 saturated carbocycles. The van der Waals surface area contributed by atoms with Crippen LogP contribution in [0.1, 0.15) is 27.2 Å². The van der Waals surface area contributed by atoms with Crippen LogP contribution >= 0.6 is 11.3 Å². The van der Waals surface area contributed by atoms with E-state index in [-0.39, 0.29) is 6.04 Å². The van der Waals surface area contributed by atoms with E-state index in [1.165, 1.54) is 16.0 Å². The molecule has 0 fully saturated rings. The van der Waals surface area contributed by atoms with E-state index in [0.29, 0.717) is 0 Å². The lowest BCUT2D eigenvalue weighted by Crippen LogP contribution is -2.11. The Morgan fingerprint density at radius 2 is 1.52 bits per heavy atom. The van der Waals surface area contributed by atoms with E-state index in [2.05, 4.69) is 60.4 Å². The molecule has 0 spiro atoms. The molecule has 1 unspecified atom stereocenters. The van der Waals surface area contributed by atoms with Gasteiger partial charge in [0.2, 0.25) is 0 Å². The molecule has 0 amide bonds. The van der Waals surface area contributed by atoms with Crippen molar-refractivity contribution >= 4 is 11.3 Å². The average molecular weight is 294 g/mol. The van der Waals surface area contributed by atoms with E-state index >= 15 is 0 Å². The lowest BCUT2D eigenvalue weighted by Gasteiger charge is -2.10. The van der Waals surface area contributed by atoms with Crippen LogP contribution in [0.15, 0.2) is 54.6 Å². The summed E-state index contributed by atoms with van der Waals surface area (Å²) < 4.78 is 0. The second-order valence-corrected chi connectivity index (χ2v) is 6.39. The van der Waals surface area contributed by atoms with Gasteiger partial charge in [0, 0.05) is 4.88 Å². The van der Waals surface area contributed by atoms with E-state index < -0.39 is 0 Å². The fourth-order valence-electron chi connectivity index (χ4n) is 2.29. The molecule has 3 aromatic rings. The fourth-order valence-corrected chi connectivity index (χ4v) is 3.24. The lowest BCUT2D eigenvalue weighted by molar-refractivity contribution is 0.852. The van der Waals surface area contributed by atoms with Gasteiger partial charge in [-0.25, -0.2) is 4.98 Å². The first-order valence-corrected chi connectivity index (χ1v) is 7.81. The third-order valence-corrected chi connectivity index (χ3v) is 4.84. The average Bonchev–Trinajstić information content (AvgIpc) is 2.87. The number of benzene rings is 2. The summed E-state index contributed by atoms with van der Waals surface area (Å²) in [6, 6.07) is 18.7. The van der Waals surface area contributed by atoms with Gasteiger partial charge in [0.25, 0.3) is 0 Å². The summed E-state index contributed by atoms with van der Waals surface area (Å²) >= 11 is 1.68. The Kier molecular flexibility index (Phi) is 3.86. The largest absolute Gasteiger partial charge is 0.318 e. The van der Waals surface area contributed by atoms with Crippen LogP contribution in [0.5, 0.6) is 0 Å². The molecular weight excluding hydrogens is 276 g/mol. The van der Waals surface area contributed by atoms with Crippen molar-refractivity contribution in [2.24, 2.45) is 5.73 Å². The zero-order chi connectivity index (χ0) is 14.8. The summed E-state index contributed by atoms with van der Waals surface area (Å²) in [7, 11) is 0. The van der Waals surface area contributed by atoms with Gasteiger partial charge in [-0.3, -0.25) is 0 Å². The maximum Gasteiger partial charge on any atom is 0.114 e. The summed E-state index contributed by atoms with van der Waals surface area (Å²) in [4.78, 5) is 5.80. The molecule has 21 heavy (non-hydrogen) atoms. The zero-order valence-electron chi connectivity index (χ0n) is 12.2. The quantitative estimate of drug-likeness (QED) is 0.773. The van der Waals surface area contributed by atoms with Gasteiger partial charge in [0.1, 0.15) is 5.01 Å². The summed E-state index contributed by atoms with van der Waals surface area (Å²) in [6.45, 7) is 4.11. The maximum atomic E-state index is 6.34. The normalized spacial score (nSPS) is 12.3. The van der Waals surface area contributed by atoms with Crippen molar-refractivity contribution in [2.45, 2.75) is 19.9 Å². The summed E-state index contributed by atoms with van der Waals surface area (Å²) in [5.41, 5.74) is 10.9. The van der Waals surface area contributed by atoms with Crippen molar-refractivity contribution in [1.82, 2.24) is 4.98 Å². The molecule has 0 radical (unpaired) electrons. The van der Waals surface area contributed by atoms with Crippen LogP contribution in [0.2, 0.25) is 0 Å². The minimum Gasteiger partial charge on any atom is -0.318 e. The highest BCUT2D eigenvalue weighted by atomic mass is 32.1. The molecule has 3 heteroatoms. The Balaban J connectivity index is 1.87. The highest BCUT2D eigenvalue weighted by Crippen LogP contribution is 2.27. The molecular formula is C18H18N2S. The summed E-state index contributed by atoms with van der Waals surface area (Å²) in [5, 5.41) is 0.984. The van der Waals surface area contributed by atoms with Crippen molar-refractivity contribution in [2.75, 3.05) is 0 Å². The van der Waals surface area contributed by atoms with Gasteiger partial charge >= 0.3 is 0 Å². The van der Waals surface area contributed by atoms with E-state index in [9.17, 15) is 0 Å². The molecule has 0 bridgehead atoms.